The third-order valence-electron chi connectivity index (χ3n) is 2.09. The van der Waals surface area contributed by atoms with Crippen LogP contribution in [0.1, 0.15) is 36.2 Å². The average Bonchev–Trinajstić information content (AvgIpc) is 2.17. The minimum Gasteiger partial charge on any atom is -0.507 e. The van der Waals surface area contributed by atoms with Gasteiger partial charge < -0.3 is 5.11 Å². The van der Waals surface area contributed by atoms with Crippen LogP contribution in [0.3, 0.4) is 0 Å². The van der Waals surface area contributed by atoms with Gasteiger partial charge in [-0.2, -0.15) is 0 Å². The Bertz CT molecular complexity index is 316. The lowest BCUT2D eigenvalue weighted by atomic mass is 10.0. The van der Waals surface area contributed by atoms with Crippen molar-refractivity contribution in [3.63, 3.8) is 0 Å². The third-order valence-corrected chi connectivity index (χ3v) is 2.09. The van der Waals surface area contributed by atoms with Crippen molar-refractivity contribution < 1.29 is 9.90 Å². The Morgan fingerprint density at radius 3 is 2.62 bits per heavy atom. The first-order valence-electron chi connectivity index (χ1n) is 4.54. The van der Waals surface area contributed by atoms with E-state index >= 15 is 0 Å². The van der Waals surface area contributed by atoms with Gasteiger partial charge in [-0.1, -0.05) is 19.9 Å². The molecule has 0 unspecified atom stereocenters. The quantitative estimate of drug-likeness (QED) is 0.722. The molecule has 1 N–H and O–H groups in total. The van der Waals surface area contributed by atoms with Gasteiger partial charge in [0.1, 0.15) is 5.75 Å². The monoisotopic (exact) mass is 178 g/mol. The van der Waals surface area contributed by atoms with E-state index in [2.05, 4.69) is 0 Å². The van der Waals surface area contributed by atoms with E-state index in [0.29, 0.717) is 12.0 Å². The number of phenolic OH excluding ortho intramolecular Hbond substituents is 1. The summed E-state index contributed by atoms with van der Waals surface area (Å²) >= 11 is 0. The number of aryl methyl sites for hydroxylation is 1. The summed E-state index contributed by atoms with van der Waals surface area (Å²) in [6, 6.07) is 5.19. The molecule has 0 aromatic heterocycles. The molecule has 0 spiro atoms. The molecular weight excluding hydrogens is 164 g/mol. The minimum atomic E-state index is -0.00667. The highest BCUT2D eigenvalue weighted by Crippen LogP contribution is 2.20. The summed E-state index contributed by atoms with van der Waals surface area (Å²) in [5.74, 6) is 0.0804. The Balaban J connectivity index is 3.11. The number of Topliss-reactive ketones (excluding diaryl/α,β-unsaturated/α-hetero) is 1. The molecule has 2 nitrogen and oxygen atoms in total. The second-order valence-electron chi connectivity index (χ2n) is 2.98. The van der Waals surface area contributed by atoms with E-state index in [1.807, 2.05) is 13.0 Å². The number of benzene rings is 1. The number of phenols is 1. The number of aromatic hydroxyl groups is 1. The summed E-state index contributed by atoms with van der Waals surface area (Å²) in [4.78, 5) is 11.3. The summed E-state index contributed by atoms with van der Waals surface area (Å²) in [5.41, 5.74) is 1.52. The van der Waals surface area contributed by atoms with E-state index in [1.54, 1.807) is 19.1 Å². The molecular formula is C11H14O2. The molecule has 0 atom stereocenters. The van der Waals surface area contributed by atoms with Gasteiger partial charge >= 0.3 is 0 Å². The predicted molar refractivity (Wildman–Crippen MR) is 52.1 cm³/mol. The summed E-state index contributed by atoms with van der Waals surface area (Å²) in [7, 11) is 0. The standard InChI is InChI=1S/C11H14O2/c1-3-8-5-6-11(13)9(7-8)10(12)4-2/h5-7,13H,3-4H2,1-2H3. The van der Waals surface area contributed by atoms with Gasteiger partial charge in [-0.25, -0.2) is 0 Å². The molecule has 1 aromatic carbocycles. The lowest BCUT2D eigenvalue weighted by molar-refractivity contribution is 0.0985. The molecule has 0 saturated carbocycles. The van der Waals surface area contributed by atoms with Crippen molar-refractivity contribution in [2.45, 2.75) is 26.7 Å². The van der Waals surface area contributed by atoms with Gasteiger partial charge in [-0.05, 0) is 24.1 Å². The highest BCUT2D eigenvalue weighted by atomic mass is 16.3. The van der Waals surface area contributed by atoms with Crippen LogP contribution in [-0.4, -0.2) is 10.9 Å². The summed E-state index contributed by atoms with van der Waals surface area (Å²) in [6.07, 6.45) is 1.31. The Labute approximate surface area is 78.2 Å². The minimum absolute atomic E-state index is 0.00667. The molecule has 0 saturated heterocycles. The van der Waals surface area contributed by atoms with E-state index < -0.39 is 0 Å². The Kier molecular flexibility index (Phi) is 3.07. The molecule has 0 heterocycles. The Hall–Kier alpha value is -1.31. The van der Waals surface area contributed by atoms with Crippen LogP contribution in [0.25, 0.3) is 0 Å². The van der Waals surface area contributed by atoms with Crippen LogP contribution in [0, 0.1) is 0 Å². The van der Waals surface area contributed by atoms with Gasteiger partial charge in [0.2, 0.25) is 0 Å². The first kappa shape index (κ1) is 9.78. The van der Waals surface area contributed by atoms with Crippen molar-refractivity contribution in [3.8, 4) is 5.75 Å². The van der Waals surface area contributed by atoms with Gasteiger partial charge in [0.05, 0.1) is 5.56 Å². The second kappa shape index (κ2) is 4.08. The molecule has 70 valence electrons. The van der Waals surface area contributed by atoms with E-state index in [-0.39, 0.29) is 11.5 Å². The Morgan fingerprint density at radius 1 is 1.38 bits per heavy atom. The van der Waals surface area contributed by atoms with Crippen molar-refractivity contribution in [1.29, 1.82) is 0 Å². The topological polar surface area (TPSA) is 37.3 Å². The molecule has 0 aliphatic carbocycles. The zero-order valence-electron chi connectivity index (χ0n) is 8.00. The lowest BCUT2D eigenvalue weighted by Crippen LogP contribution is -1.98. The second-order valence-corrected chi connectivity index (χ2v) is 2.98. The summed E-state index contributed by atoms with van der Waals surface area (Å²) < 4.78 is 0. The molecule has 0 aliphatic heterocycles. The summed E-state index contributed by atoms with van der Waals surface area (Å²) in [6.45, 7) is 3.81. The van der Waals surface area contributed by atoms with Gasteiger partial charge in [0, 0.05) is 6.42 Å². The smallest absolute Gasteiger partial charge is 0.166 e. The molecule has 1 aromatic rings. The van der Waals surface area contributed by atoms with Crippen molar-refractivity contribution in [2.24, 2.45) is 0 Å². The zero-order valence-corrected chi connectivity index (χ0v) is 8.00. The number of rotatable bonds is 3. The molecule has 0 fully saturated rings. The van der Waals surface area contributed by atoms with E-state index in [1.165, 1.54) is 0 Å². The van der Waals surface area contributed by atoms with Gasteiger partial charge in [0.15, 0.2) is 5.78 Å². The molecule has 1 rings (SSSR count). The zero-order chi connectivity index (χ0) is 9.84. The number of carbonyl (C=O) groups excluding carboxylic acids is 1. The van der Waals surface area contributed by atoms with E-state index in [0.717, 1.165) is 12.0 Å². The van der Waals surface area contributed by atoms with Crippen LogP contribution in [0.4, 0.5) is 0 Å². The van der Waals surface area contributed by atoms with Crippen LogP contribution < -0.4 is 0 Å². The maximum absolute atomic E-state index is 11.3. The fraction of sp³-hybridized carbons (Fsp3) is 0.364. The number of carbonyl (C=O) groups is 1. The van der Waals surface area contributed by atoms with Crippen molar-refractivity contribution in [2.75, 3.05) is 0 Å². The fourth-order valence-corrected chi connectivity index (χ4v) is 1.22. The molecule has 0 radical (unpaired) electrons. The Morgan fingerprint density at radius 2 is 2.08 bits per heavy atom. The number of ketones is 1. The maximum atomic E-state index is 11.3. The molecule has 0 bridgehead atoms. The fourth-order valence-electron chi connectivity index (χ4n) is 1.22. The number of hydrogen-bond donors (Lipinski definition) is 1. The number of hydrogen-bond acceptors (Lipinski definition) is 2. The summed E-state index contributed by atoms with van der Waals surface area (Å²) in [5, 5.41) is 9.41. The lowest BCUT2D eigenvalue weighted by Gasteiger charge is -2.03. The van der Waals surface area contributed by atoms with Gasteiger partial charge in [0.25, 0.3) is 0 Å². The SMILES string of the molecule is CCC(=O)c1cc(CC)ccc1O. The van der Waals surface area contributed by atoms with Gasteiger partial charge in [-0.15, -0.1) is 0 Å². The van der Waals surface area contributed by atoms with Crippen LogP contribution >= 0.6 is 0 Å². The van der Waals surface area contributed by atoms with Crippen molar-refractivity contribution >= 4 is 5.78 Å². The van der Waals surface area contributed by atoms with Crippen molar-refractivity contribution in [1.82, 2.24) is 0 Å². The predicted octanol–water partition coefficient (Wildman–Crippen LogP) is 2.55. The normalized spacial score (nSPS) is 10.0. The van der Waals surface area contributed by atoms with Gasteiger partial charge in [-0.3, -0.25) is 4.79 Å². The van der Waals surface area contributed by atoms with Crippen molar-refractivity contribution in [3.05, 3.63) is 29.3 Å². The molecule has 2 heteroatoms. The first-order chi connectivity index (χ1) is 6.19. The maximum Gasteiger partial charge on any atom is 0.166 e. The van der Waals surface area contributed by atoms with Crippen LogP contribution in [-0.2, 0) is 6.42 Å². The van der Waals surface area contributed by atoms with Crippen LogP contribution in [0.2, 0.25) is 0 Å². The van der Waals surface area contributed by atoms with Crippen LogP contribution in [0.15, 0.2) is 18.2 Å². The molecule has 13 heavy (non-hydrogen) atoms. The van der Waals surface area contributed by atoms with E-state index in [9.17, 15) is 9.90 Å². The largest absolute Gasteiger partial charge is 0.507 e. The highest BCUT2D eigenvalue weighted by Gasteiger charge is 2.08. The molecule has 0 aliphatic rings. The third kappa shape index (κ3) is 2.08. The highest BCUT2D eigenvalue weighted by molar-refractivity contribution is 5.98. The van der Waals surface area contributed by atoms with Crippen LogP contribution in [0.5, 0.6) is 5.75 Å². The first-order valence-corrected chi connectivity index (χ1v) is 4.54. The average molecular weight is 178 g/mol. The molecule has 0 amide bonds. The van der Waals surface area contributed by atoms with E-state index in [4.69, 9.17) is 0 Å².